The smallest absolute Gasteiger partial charge is 0.328 e. The van der Waals surface area contributed by atoms with Crippen molar-refractivity contribution in [2.45, 2.75) is 18.9 Å². The van der Waals surface area contributed by atoms with E-state index in [1.54, 1.807) is 6.08 Å². The van der Waals surface area contributed by atoms with Gasteiger partial charge in [0.25, 0.3) is 0 Å². The quantitative estimate of drug-likeness (QED) is 0.572. The topological polar surface area (TPSA) is 55.8 Å². The van der Waals surface area contributed by atoms with Gasteiger partial charge in [-0.2, -0.15) is 0 Å². The van der Waals surface area contributed by atoms with Crippen LogP contribution in [0.5, 0.6) is 0 Å². The van der Waals surface area contributed by atoms with Crippen molar-refractivity contribution in [2.24, 2.45) is 0 Å². The second kappa shape index (κ2) is 9.02. The van der Waals surface area contributed by atoms with Crippen LogP contribution in [0.25, 0.3) is 0 Å². The van der Waals surface area contributed by atoms with Crippen LogP contribution in [0.1, 0.15) is 12.8 Å². The molecule has 15 heavy (non-hydrogen) atoms. The zero-order chi connectivity index (χ0) is 11.5. The van der Waals surface area contributed by atoms with Gasteiger partial charge in [-0.05, 0) is 18.9 Å². The third-order valence-corrected chi connectivity index (χ3v) is 1.61. The van der Waals surface area contributed by atoms with E-state index in [0.29, 0.717) is 0 Å². The lowest BCUT2D eigenvalue weighted by atomic mass is 10.2. The maximum atomic E-state index is 10.0. The summed E-state index contributed by atoms with van der Waals surface area (Å²) in [5, 5.41) is 8.23. The molecular weight excluding hydrogens is 196 g/mol. The second-order valence-electron chi connectivity index (χ2n) is 2.72. The van der Waals surface area contributed by atoms with Gasteiger partial charge in [-0.15, -0.1) is 0 Å². The molecule has 0 radical (unpaired) electrons. The molecule has 1 rings (SSSR count). The van der Waals surface area contributed by atoms with Crippen LogP contribution >= 0.6 is 0 Å². The molecule has 1 aliphatic rings. The zero-order valence-corrected chi connectivity index (χ0v) is 8.59. The normalized spacial score (nSPS) is 19.1. The van der Waals surface area contributed by atoms with E-state index >= 15 is 0 Å². The molecule has 0 aromatic rings. The summed E-state index contributed by atoms with van der Waals surface area (Å²) in [6.45, 7) is 7.27. The van der Waals surface area contributed by atoms with Crippen LogP contribution < -0.4 is 0 Å². The predicted octanol–water partition coefficient (Wildman–Crippen LogP) is 2.10. The lowest BCUT2D eigenvalue weighted by Gasteiger charge is -1.98. The van der Waals surface area contributed by atoms with Crippen molar-refractivity contribution in [3.8, 4) is 0 Å². The molecule has 1 saturated heterocycles. The first kappa shape index (κ1) is 13.4. The van der Waals surface area contributed by atoms with Crippen molar-refractivity contribution in [1.29, 1.82) is 0 Å². The van der Waals surface area contributed by atoms with Gasteiger partial charge in [0.15, 0.2) is 0 Å². The Morgan fingerprint density at radius 1 is 1.47 bits per heavy atom. The van der Waals surface area contributed by atoms with E-state index in [-0.39, 0.29) is 6.10 Å². The fourth-order valence-corrected chi connectivity index (χ4v) is 1.01. The van der Waals surface area contributed by atoms with Crippen molar-refractivity contribution in [2.75, 3.05) is 6.61 Å². The minimum absolute atomic E-state index is 0.0381. The van der Waals surface area contributed by atoms with E-state index in [4.69, 9.17) is 9.84 Å². The van der Waals surface area contributed by atoms with Crippen molar-refractivity contribution in [1.82, 2.24) is 0 Å². The molecule has 1 aliphatic heterocycles. The van der Waals surface area contributed by atoms with Crippen LogP contribution in [-0.4, -0.2) is 23.8 Å². The Hall–Kier alpha value is -1.55. The van der Waals surface area contributed by atoms with Crippen molar-refractivity contribution in [3.05, 3.63) is 37.8 Å². The fourth-order valence-electron chi connectivity index (χ4n) is 1.01. The molecule has 1 N–H and O–H groups in total. The largest absolute Gasteiger partial charge is 0.478 e. The maximum Gasteiger partial charge on any atom is 0.328 e. The van der Waals surface area contributed by atoms with Crippen molar-refractivity contribution in [3.63, 3.8) is 0 Å². The van der Waals surface area contributed by atoms with Gasteiger partial charge in [-0.1, -0.05) is 13.2 Å². The van der Waals surface area contributed by atoms with Gasteiger partial charge in [0.05, 0.1) is 18.6 Å². The van der Waals surface area contributed by atoms with Gasteiger partial charge in [0, 0.05) is 12.7 Å². The number of ether oxygens (including phenoxy) is 2. The van der Waals surface area contributed by atoms with Gasteiger partial charge in [-0.25, -0.2) is 4.79 Å². The number of aliphatic carboxylic acids is 1. The average Bonchev–Trinajstić information content (AvgIpc) is 2.69. The standard InChI is InChI=1S/C7H10O3.C4H6O/c8-7(9)4-3-6-2-1-5-10-6;1-3-5-4-2/h3-4,6H,1-2,5H2,(H,8,9);3-4H,1-2H2. The summed E-state index contributed by atoms with van der Waals surface area (Å²) in [6, 6.07) is 0. The van der Waals surface area contributed by atoms with Crippen LogP contribution in [-0.2, 0) is 14.3 Å². The number of hydrogen-bond acceptors (Lipinski definition) is 3. The number of carbonyl (C=O) groups is 1. The molecule has 1 fully saturated rings. The van der Waals surface area contributed by atoms with E-state index in [9.17, 15) is 4.79 Å². The van der Waals surface area contributed by atoms with Gasteiger partial charge in [0.1, 0.15) is 0 Å². The van der Waals surface area contributed by atoms with E-state index in [1.807, 2.05) is 0 Å². The molecule has 84 valence electrons. The highest BCUT2D eigenvalue weighted by molar-refractivity contribution is 5.79. The molecule has 1 heterocycles. The first-order valence-corrected chi connectivity index (χ1v) is 4.60. The van der Waals surface area contributed by atoms with E-state index in [1.165, 1.54) is 12.5 Å². The molecule has 4 heteroatoms. The van der Waals surface area contributed by atoms with Crippen LogP contribution in [0.3, 0.4) is 0 Å². The molecule has 0 amide bonds. The minimum Gasteiger partial charge on any atom is -0.478 e. The molecule has 1 unspecified atom stereocenters. The van der Waals surface area contributed by atoms with Crippen molar-refractivity contribution >= 4 is 5.97 Å². The lowest BCUT2D eigenvalue weighted by molar-refractivity contribution is -0.131. The predicted molar refractivity (Wildman–Crippen MR) is 57.2 cm³/mol. The molecule has 0 aliphatic carbocycles. The summed E-state index contributed by atoms with van der Waals surface area (Å²) in [4.78, 5) is 10.0. The van der Waals surface area contributed by atoms with Crippen LogP contribution in [0, 0.1) is 0 Å². The summed E-state index contributed by atoms with van der Waals surface area (Å²) in [7, 11) is 0. The average molecular weight is 212 g/mol. The molecule has 0 spiro atoms. The van der Waals surface area contributed by atoms with Gasteiger partial charge >= 0.3 is 5.97 Å². The zero-order valence-electron chi connectivity index (χ0n) is 8.59. The van der Waals surface area contributed by atoms with Crippen molar-refractivity contribution < 1.29 is 19.4 Å². The molecule has 1 atom stereocenters. The Morgan fingerprint density at radius 3 is 2.47 bits per heavy atom. The Bertz CT molecular complexity index is 221. The molecule has 0 aromatic carbocycles. The Morgan fingerprint density at radius 2 is 2.13 bits per heavy atom. The third-order valence-electron chi connectivity index (χ3n) is 1.61. The molecule has 4 nitrogen and oxygen atoms in total. The first-order chi connectivity index (χ1) is 7.20. The Labute approximate surface area is 89.5 Å². The van der Waals surface area contributed by atoms with E-state index in [0.717, 1.165) is 25.5 Å². The number of carboxylic acid groups (broad SMARTS) is 1. The molecule has 0 saturated carbocycles. The molecule has 0 aromatic heterocycles. The molecule has 0 bridgehead atoms. The van der Waals surface area contributed by atoms with E-state index in [2.05, 4.69) is 17.9 Å². The lowest BCUT2D eigenvalue weighted by Crippen LogP contribution is -2.00. The highest BCUT2D eigenvalue weighted by atomic mass is 16.5. The van der Waals surface area contributed by atoms with Gasteiger partial charge in [-0.3, -0.25) is 0 Å². The highest BCUT2D eigenvalue weighted by Crippen LogP contribution is 2.12. The van der Waals surface area contributed by atoms with E-state index < -0.39 is 5.97 Å². The molecular formula is C11H16O4. The van der Waals surface area contributed by atoms with Crippen LogP contribution in [0.15, 0.2) is 37.8 Å². The number of hydrogen-bond donors (Lipinski definition) is 1. The number of carboxylic acids is 1. The monoisotopic (exact) mass is 212 g/mol. The van der Waals surface area contributed by atoms with Gasteiger partial charge in [0.2, 0.25) is 0 Å². The summed E-state index contributed by atoms with van der Waals surface area (Å²) in [5.74, 6) is -0.907. The summed E-state index contributed by atoms with van der Waals surface area (Å²) in [5.41, 5.74) is 0. The van der Waals surface area contributed by atoms with Crippen LogP contribution in [0.2, 0.25) is 0 Å². The Kier molecular flexibility index (Phi) is 8.09. The first-order valence-electron chi connectivity index (χ1n) is 4.60. The second-order valence-corrected chi connectivity index (χ2v) is 2.72. The third kappa shape index (κ3) is 8.77. The minimum atomic E-state index is -0.907. The fraction of sp³-hybridized carbons (Fsp3) is 0.364. The highest BCUT2D eigenvalue weighted by Gasteiger charge is 2.11. The van der Waals surface area contributed by atoms with Crippen LogP contribution in [0.4, 0.5) is 0 Å². The number of rotatable bonds is 4. The maximum absolute atomic E-state index is 10.0. The summed E-state index contributed by atoms with van der Waals surface area (Å²) >= 11 is 0. The Balaban J connectivity index is 0.000000336. The van der Waals surface area contributed by atoms with Gasteiger partial charge < -0.3 is 14.6 Å². The summed E-state index contributed by atoms with van der Waals surface area (Å²) < 4.78 is 9.51. The summed E-state index contributed by atoms with van der Waals surface area (Å²) in [6.07, 6.45) is 7.38. The SMILES string of the molecule is C=COC=C.O=C(O)C=CC1CCCO1.